The summed E-state index contributed by atoms with van der Waals surface area (Å²) in [5.41, 5.74) is 1.12. The molecule has 0 atom stereocenters. The maximum Gasteiger partial charge on any atom is 0.573 e. The normalized spacial score (nSPS) is 11.9. The fourth-order valence-electron chi connectivity index (χ4n) is 1.48. The van der Waals surface area contributed by atoms with E-state index in [1.807, 2.05) is 0 Å². The first-order chi connectivity index (χ1) is 9.83. The van der Waals surface area contributed by atoms with Crippen molar-refractivity contribution in [3.8, 4) is 5.75 Å². The highest BCUT2D eigenvalue weighted by Gasteiger charge is 2.30. The van der Waals surface area contributed by atoms with E-state index in [9.17, 15) is 13.2 Å². The predicted octanol–water partition coefficient (Wildman–Crippen LogP) is 5.64. The Morgan fingerprint density at radius 2 is 1.67 bits per heavy atom. The molecule has 2 rings (SSSR count). The van der Waals surface area contributed by atoms with E-state index in [4.69, 9.17) is 23.2 Å². The highest BCUT2D eigenvalue weighted by Crippen LogP contribution is 2.25. The highest BCUT2D eigenvalue weighted by atomic mass is 35.5. The van der Waals surface area contributed by atoms with Gasteiger partial charge in [-0.1, -0.05) is 29.3 Å². The third-order valence-corrected chi connectivity index (χ3v) is 2.95. The number of hydrogen-bond acceptors (Lipinski definition) is 2. The van der Waals surface area contributed by atoms with Crippen LogP contribution in [0.5, 0.6) is 5.75 Å². The quantitative estimate of drug-likeness (QED) is 0.666. The van der Waals surface area contributed by atoms with E-state index in [0.717, 1.165) is 0 Å². The Balaban J connectivity index is 2.11. The molecule has 2 aromatic carbocycles. The van der Waals surface area contributed by atoms with Crippen molar-refractivity contribution in [2.24, 2.45) is 4.99 Å². The van der Waals surface area contributed by atoms with Gasteiger partial charge in [0, 0.05) is 16.8 Å². The Morgan fingerprint density at radius 1 is 1.00 bits per heavy atom. The van der Waals surface area contributed by atoms with Crippen molar-refractivity contribution >= 4 is 35.1 Å². The van der Waals surface area contributed by atoms with Crippen molar-refractivity contribution in [2.75, 3.05) is 0 Å². The van der Waals surface area contributed by atoms with Crippen LogP contribution in [-0.4, -0.2) is 12.6 Å². The molecule has 0 amide bonds. The summed E-state index contributed by atoms with van der Waals surface area (Å²) in [7, 11) is 0. The molecule has 0 aromatic heterocycles. The van der Waals surface area contributed by atoms with Crippen LogP contribution >= 0.6 is 23.2 Å². The topological polar surface area (TPSA) is 21.6 Å². The second-order valence-electron chi connectivity index (χ2n) is 3.97. The number of benzene rings is 2. The van der Waals surface area contributed by atoms with Crippen LogP contribution in [0.1, 0.15) is 5.56 Å². The van der Waals surface area contributed by atoms with E-state index < -0.39 is 6.36 Å². The molecule has 0 unspecified atom stereocenters. The van der Waals surface area contributed by atoms with Crippen LogP contribution in [0, 0.1) is 0 Å². The minimum Gasteiger partial charge on any atom is -0.406 e. The summed E-state index contributed by atoms with van der Waals surface area (Å²) < 4.78 is 39.8. The zero-order valence-electron chi connectivity index (χ0n) is 10.4. The Labute approximate surface area is 128 Å². The van der Waals surface area contributed by atoms with E-state index in [1.165, 1.54) is 30.5 Å². The smallest absolute Gasteiger partial charge is 0.406 e. The van der Waals surface area contributed by atoms with Crippen LogP contribution in [-0.2, 0) is 0 Å². The predicted molar refractivity (Wildman–Crippen MR) is 76.8 cm³/mol. The minimum absolute atomic E-state index is 0.300. The van der Waals surface area contributed by atoms with Crippen LogP contribution < -0.4 is 4.74 Å². The van der Waals surface area contributed by atoms with Crippen LogP contribution in [0.2, 0.25) is 10.0 Å². The molecule has 0 aliphatic rings. The van der Waals surface area contributed by atoms with Crippen molar-refractivity contribution in [2.45, 2.75) is 6.36 Å². The first-order valence-electron chi connectivity index (χ1n) is 5.68. The van der Waals surface area contributed by atoms with Crippen molar-refractivity contribution in [3.63, 3.8) is 0 Å². The standard InChI is InChI=1S/C14H8Cl2F3NO/c15-10-2-1-9(13(16)7-10)8-20-11-3-5-12(6-4-11)21-14(17,18)19/h1-8H. The molecule has 0 bridgehead atoms. The number of rotatable bonds is 3. The van der Waals surface area contributed by atoms with Crippen LogP contribution in [0.25, 0.3) is 0 Å². The van der Waals surface area contributed by atoms with Gasteiger partial charge in [-0.2, -0.15) is 0 Å². The van der Waals surface area contributed by atoms with Gasteiger partial charge in [0.05, 0.1) is 10.7 Å². The molecule has 0 N–H and O–H groups in total. The van der Waals surface area contributed by atoms with Gasteiger partial charge in [0.1, 0.15) is 5.75 Å². The lowest BCUT2D eigenvalue weighted by molar-refractivity contribution is -0.274. The monoisotopic (exact) mass is 333 g/mol. The van der Waals surface area contributed by atoms with Gasteiger partial charge in [0.2, 0.25) is 0 Å². The third-order valence-electron chi connectivity index (χ3n) is 2.39. The fourth-order valence-corrected chi connectivity index (χ4v) is 1.94. The average molecular weight is 334 g/mol. The molecule has 110 valence electrons. The molecule has 2 nitrogen and oxygen atoms in total. The molecule has 21 heavy (non-hydrogen) atoms. The highest BCUT2D eigenvalue weighted by molar-refractivity contribution is 6.36. The SMILES string of the molecule is FC(F)(F)Oc1ccc(N=Cc2ccc(Cl)cc2Cl)cc1. The van der Waals surface area contributed by atoms with Gasteiger partial charge < -0.3 is 4.74 Å². The van der Waals surface area contributed by atoms with Crippen molar-refractivity contribution < 1.29 is 17.9 Å². The Kier molecular flexibility index (Phi) is 4.75. The van der Waals surface area contributed by atoms with Gasteiger partial charge in [-0.3, -0.25) is 4.99 Å². The fraction of sp³-hybridized carbons (Fsp3) is 0.0714. The zero-order chi connectivity index (χ0) is 15.5. The number of hydrogen-bond donors (Lipinski definition) is 0. The van der Waals surface area contributed by atoms with Crippen molar-refractivity contribution in [1.82, 2.24) is 0 Å². The van der Waals surface area contributed by atoms with Crippen molar-refractivity contribution in [1.29, 1.82) is 0 Å². The number of alkyl halides is 3. The molecular formula is C14H8Cl2F3NO. The van der Waals surface area contributed by atoms with Crippen molar-refractivity contribution in [3.05, 3.63) is 58.1 Å². The zero-order valence-corrected chi connectivity index (χ0v) is 11.9. The van der Waals surface area contributed by atoms with Gasteiger partial charge in [0.25, 0.3) is 0 Å². The average Bonchev–Trinajstić information content (AvgIpc) is 2.38. The summed E-state index contributed by atoms with van der Waals surface area (Å²) in [4.78, 5) is 4.12. The molecule has 0 heterocycles. The summed E-state index contributed by atoms with van der Waals surface area (Å²) in [5.74, 6) is -0.300. The largest absolute Gasteiger partial charge is 0.573 e. The molecule has 0 spiro atoms. The van der Waals surface area contributed by atoms with E-state index in [1.54, 1.807) is 18.2 Å². The summed E-state index contributed by atoms with van der Waals surface area (Å²) in [6, 6.07) is 10.1. The molecule has 7 heteroatoms. The maximum atomic E-state index is 12.0. The lowest BCUT2D eigenvalue weighted by Crippen LogP contribution is -2.16. The van der Waals surface area contributed by atoms with Gasteiger partial charge in [-0.25, -0.2) is 0 Å². The van der Waals surface area contributed by atoms with E-state index >= 15 is 0 Å². The Hall–Kier alpha value is -1.72. The molecule has 2 aromatic rings. The number of aliphatic imine (C=N–C) groups is 1. The molecule has 0 saturated carbocycles. The lowest BCUT2D eigenvalue weighted by atomic mass is 10.2. The second-order valence-corrected chi connectivity index (χ2v) is 4.81. The van der Waals surface area contributed by atoms with Crippen LogP contribution in [0.3, 0.4) is 0 Å². The minimum atomic E-state index is -4.71. The lowest BCUT2D eigenvalue weighted by Gasteiger charge is -2.08. The summed E-state index contributed by atoms with van der Waals surface area (Å²) in [6.45, 7) is 0. The van der Waals surface area contributed by atoms with Gasteiger partial charge in [0.15, 0.2) is 0 Å². The number of halogens is 5. The molecule has 0 aliphatic carbocycles. The first-order valence-corrected chi connectivity index (χ1v) is 6.44. The van der Waals surface area contributed by atoms with E-state index in [2.05, 4.69) is 9.73 Å². The molecule has 0 radical (unpaired) electrons. The van der Waals surface area contributed by atoms with E-state index in [-0.39, 0.29) is 5.75 Å². The Bertz CT molecular complexity index is 654. The van der Waals surface area contributed by atoms with Crippen LogP contribution in [0.15, 0.2) is 47.5 Å². The second kappa shape index (κ2) is 6.37. The summed E-state index contributed by atoms with van der Waals surface area (Å²) in [6.07, 6.45) is -3.21. The Morgan fingerprint density at radius 3 is 2.24 bits per heavy atom. The first kappa shape index (κ1) is 15.7. The summed E-state index contributed by atoms with van der Waals surface area (Å²) >= 11 is 11.7. The number of nitrogens with zero attached hydrogens (tertiary/aromatic N) is 1. The van der Waals surface area contributed by atoms with Gasteiger partial charge >= 0.3 is 6.36 Å². The molecule has 0 saturated heterocycles. The molecule has 0 fully saturated rings. The van der Waals surface area contributed by atoms with Gasteiger partial charge in [-0.15, -0.1) is 13.2 Å². The maximum absolute atomic E-state index is 12.0. The number of ether oxygens (including phenoxy) is 1. The van der Waals surface area contributed by atoms with E-state index in [0.29, 0.717) is 21.3 Å². The van der Waals surface area contributed by atoms with Gasteiger partial charge in [-0.05, 0) is 36.4 Å². The third kappa shape index (κ3) is 4.95. The summed E-state index contributed by atoms with van der Waals surface area (Å²) in [5, 5.41) is 0.939. The van der Waals surface area contributed by atoms with Crippen LogP contribution in [0.4, 0.5) is 18.9 Å². The molecular weight excluding hydrogens is 326 g/mol. The molecule has 0 aliphatic heterocycles.